The topological polar surface area (TPSA) is 94.6 Å². The minimum atomic E-state index is -0.811. The number of Topliss-reactive ketones (excluding diaryl/α,β-unsaturated/α-hetero) is 1. The molecule has 2 heterocycles. The summed E-state index contributed by atoms with van der Waals surface area (Å²) >= 11 is 0. The molecule has 1 aromatic heterocycles. The maximum Gasteiger partial charge on any atom is 0.319 e. The van der Waals surface area contributed by atoms with Crippen LogP contribution in [-0.4, -0.2) is 47.9 Å². The Morgan fingerprint density at radius 1 is 1.03 bits per heavy atom. The number of urea groups is 1. The molecule has 1 atom stereocenters. The smallest absolute Gasteiger partial charge is 0.319 e. The van der Waals surface area contributed by atoms with Gasteiger partial charge in [0.1, 0.15) is 6.04 Å². The van der Waals surface area contributed by atoms with E-state index in [-0.39, 0.29) is 24.3 Å². The standard InChI is InChI=1S/C27H35N5O3/c1-27(2,3)24(33)18-32-23-14-8-7-13-22(23)31(20-11-5-4-6-12-20)17-21(25(32)34)30-26(35)29-19-10-9-15-28-16-19/h7-10,13-16,20-21H,4-6,11-12,17-18H2,1-3H3,(H2,29,30,35). The Bertz CT molecular complexity index is 1060. The van der Waals surface area contributed by atoms with Crippen LogP contribution in [0.15, 0.2) is 48.8 Å². The van der Waals surface area contributed by atoms with E-state index in [1.807, 2.05) is 45.0 Å². The number of pyridine rings is 1. The van der Waals surface area contributed by atoms with Crippen molar-refractivity contribution in [2.24, 2.45) is 5.41 Å². The predicted molar refractivity (Wildman–Crippen MR) is 138 cm³/mol. The number of carbonyl (C=O) groups excluding carboxylic acids is 3. The molecule has 186 valence electrons. The second-order valence-electron chi connectivity index (χ2n) is 10.4. The molecular formula is C27H35N5O3. The first kappa shape index (κ1) is 24.7. The maximum absolute atomic E-state index is 13.9. The van der Waals surface area contributed by atoms with Crippen molar-refractivity contribution in [3.63, 3.8) is 0 Å². The van der Waals surface area contributed by atoms with Crippen LogP contribution in [0.4, 0.5) is 21.9 Å². The van der Waals surface area contributed by atoms with E-state index in [2.05, 4.69) is 20.5 Å². The van der Waals surface area contributed by atoms with Crippen LogP contribution >= 0.6 is 0 Å². The van der Waals surface area contributed by atoms with Crippen LogP contribution in [0.5, 0.6) is 0 Å². The monoisotopic (exact) mass is 477 g/mol. The molecule has 8 nitrogen and oxygen atoms in total. The van der Waals surface area contributed by atoms with Crippen molar-refractivity contribution in [3.8, 4) is 0 Å². The average Bonchev–Trinajstić information content (AvgIpc) is 2.95. The van der Waals surface area contributed by atoms with E-state index in [1.54, 1.807) is 29.4 Å². The Labute approximate surface area is 207 Å². The van der Waals surface area contributed by atoms with Gasteiger partial charge in [0, 0.05) is 24.2 Å². The van der Waals surface area contributed by atoms with Crippen molar-refractivity contribution in [2.75, 3.05) is 28.2 Å². The van der Waals surface area contributed by atoms with Gasteiger partial charge in [-0.05, 0) is 37.1 Å². The fraction of sp³-hybridized carbons (Fsp3) is 0.481. The molecule has 1 fully saturated rings. The number of aromatic nitrogens is 1. The zero-order chi connectivity index (χ0) is 25.0. The van der Waals surface area contributed by atoms with Crippen LogP contribution in [0.3, 0.4) is 0 Å². The number of nitrogens with zero attached hydrogens (tertiary/aromatic N) is 3. The molecule has 4 rings (SSSR count). The van der Waals surface area contributed by atoms with Gasteiger partial charge in [0.25, 0.3) is 5.91 Å². The molecule has 2 N–H and O–H groups in total. The molecule has 2 aromatic rings. The van der Waals surface area contributed by atoms with E-state index < -0.39 is 17.5 Å². The number of amides is 3. The summed E-state index contributed by atoms with van der Waals surface area (Å²) in [5.41, 5.74) is 1.60. The van der Waals surface area contributed by atoms with Crippen LogP contribution in [0.25, 0.3) is 0 Å². The number of ketones is 1. The molecule has 1 saturated carbocycles. The van der Waals surface area contributed by atoms with Crippen LogP contribution in [0.2, 0.25) is 0 Å². The largest absolute Gasteiger partial charge is 0.364 e. The first-order chi connectivity index (χ1) is 16.7. The lowest BCUT2D eigenvalue weighted by molar-refractivity contribution is -0.127. The zero-order valence-electron chi connectivity index (χ0n) is 20.8. The van der Waals surface area contributed by atoms with E-state index in [0.717, 1.165) is 37.1 Å². The zero-order valence-corrected chi connectivity index (χ0v) is 20.8. The fourth-order valence-electron chi connectivity index (χ4n) is 4.77. The first-order valence-electron chi connectivity index (χ1n) is 12.4. The Morgan fingerprint density at radius 2 is 1.74 bits per heavy atom. The number of hydrogen-bond acceptors (Lipinski definition) is 5. The number of anilines is 3. The minimum absolute atomic E-state index is 0.0367. The number of benzene rings is 1. The summed E-state index contributed by atoms with van der Waals surface area (Å²) in [5, 5.41) is 5.64. The van der Waals surface area contributed by atoms with Gasteiger partial charge in [-0.3, -0.25) is 14.6 Å². The summed E-state index contributed by atoms with van der Waals surface area (Å²) in [6, 6.07) is 10.2. The molecule has 35 heavy (non-hydrogen) atoms. The van der Waals surface area contributed by atoms with Gasteiger partial charge in [0.05, 0.1) is 29.8 Å². The lowest BCUT2D eigenvalue weighted by Crippen LogP contribution is -2.55. The molecule has 3 amide bonds. The third kappa shape index (κ3) is 5.81. The third-order valence-corrected chi connectivity index (χ3v) is 6.80. The van der Waals surface area contributed by atoms with Crippen molar-refractivity contribution in [1.29, 1.82) is 0 Å². The van der Waals surface area contributed by atoms with Gasteiger partial charge in [-0.2, -0.15) is 0 Å². The molecule has 0 spiro atoms. The summed E-state index contributed by atoms with van der Waals surface area (Å²) < 4.78 is 0. The highest BCUT2D eigenvalue weighted by Gasteiger charge is 2.39. The molecule has 8 heteroatoms. The van der Waals surface area contributed by atoms with Gasteiger partial charge in [-0.15, -0.1) is 0 Å². The molecule has 1 aliphatic carbocycles. The fourth-order valence-corrected chi connectivity index (χ4v) is 4.77. The van der Waals surface area contributed by atoms with E-state index in [4.69, 9.17) is 0 Å². The minimum Gasteiger partial charge on any atom is -0.364 e. The molecule has 1 aromatic carbocycles. The molecule has 2 aliphatic rings. The average molecular weight is 478 g/mol. The third-order valence-electron chi connectivity index (χ3n) is 6.80. The van der Waals surface area contributed by atoms with Gasteiger partial charge in [0.2, 0.25) is 0 Å². The van der Waals surface area contributed by atoms with Gasteiger partial charge in [0.15, 0.2) is 5.78 Å². The van der Waals surface area contributed by atoms with E-state index in [0.29, 0.717) is 12.2 Å². The maximum atomic E-state index is 13.9. The van der Waals surface area contributed by atoms with Gasteiger partial charge in [-0.1, -0.05) is 52.2 Å². The summed E-state index contributed by atoms with van der Waals surface area (Å²) in [5.74, 6) is -0.319. The van der Waals surface area contributed by atoms with Gasteiger partial charge >= 0.3 is 6.03 Å². The lowest BCUT2D eigenvalue weighted by atomic mass is 9.90. The SMILES string of the molecule is CC(C)(C)C(=O)CN1C(=O)C(NC(=O)Nc2cccnc2)CN(C2CCCCC2)c2ccccc21. The Balaban J connectivity index is 1.67. The molecular weight excluding hydrogens is 442 g/mol. The van der Waals surface area contributed by atoms with Crippen LogP contribution < -0.4 is 20.4 Å². The van der Waals surface area contributed by atoms with Crippen LogP contribution in [-0.2, 0) is 9.59 Å². The van der Waals surface area contributed by atoms with Gasteiger partial charge in [-0.25, -0.2) is 4.79 Å². The van der Waals surface area contributed by atoms with Crippen LogP contribution in [0, 0.1) is 5.41 Å². The van der Waals surface area contributed by atoms with Crippen LogP contribution in [0.1, 0.15) is 52.9 Å². The number of para-hydroxylation sites is 2. The quantitative estimate of drug-likeness (QED) is 0.667. The molecule has 0 radical (unpaired) electrons. The second-order valence-corrected chi connectivity index (χ2v) is 10.4. The molecule has 0 bridgehead atoms. The molecule has 0 saturated heterocycles. The summed E-state index contributed by atoms with van der Waals surface area (Å²) in [4.78, 5) is 47.6. The molecule has 1 aliphatic heterocycles. The van der Waals surface area contributed by atoms with Gasteiger partial charge < -0.3 is 20.4 Å². The van der Waals surface area contributed by atoms with E-state index in [1.165, 1.54) is 6.42 Å². The van der Waals surface area contributed by atoms with Crippen molar-refractivity contribution in [3.05, 3.63) is 48.8 Å². The van der Waals surface area contributed by atoms with E-state index in [9.17, 15) is 14.4 Å². The Hall–Kier alpha value is -3.42. The highest BCUT2D eigenvalue weighted by atomic mass is 16.2. The summed E-state index contributed by atoms with van der Waals surface area (Å²) in [7, 11) is 0. The highest BCUT2D eigenvalue weighted by molar-refractivity contribution is 6.08. The lowest BCUT2D eigenvalue weighted by Gasteiger charge is -2.37. The van der Waals surface area contributed by atoms with Crippen molar-refractivity contribution in [2.45, 2.75) is 65.0 Å². The number of carbonyl (C=O) groups is 3. The highest BCUT2D eigenvalue weighted by Crippen LogP contribution is 2.37. The first-order valence-corrected chi connectivity index (χ1v) is 12.4. The van der Waals surface area contributed by atoms with Crippen molar-refractivity contribution in [1.82, 2.24) is 10.3 Å². The van der Waals surface area contributed by atoms with E-state index >= 15 is 0 Å². The number of hydrogen-bond donors (Lipinski definition) is 2. The van der Waals surface area contributed by atoms with Crippen molar-refractivity contribution < 1.29 is 14.4 Å². The number of rotatable bonds is 5. The Morgan fingerprint density at radius 3 is 2.40 bits per heavy atom. The number of fused-ring (bicyclic) bond motifs is 1. The summed E-state index contributed by atoms with van der Waals surface area (Å²) in [6.07, 6.45) is 8.75. The second kappa shape index (κ2) is 10.5. The van der Waals surface area contributed by atoms with Crippen molar-refractivity contribution >= 4 is 34.8 Å². The summed E-state index contributed by atoms with van der Waals surface area (Å²) in [6.45, 7) is 5.88. The predicted octanol–water partition coefficient (Wildman–Crippen LogP) is 4.37. The molecule has 1 unspecified atom stereocenters. The Kier molecular flexibility index (Phi) is 7.38. The normalized spacial score (nSPS) is 19.1. The number of nitrogens with one attached hydrogen (secondary N) is 2.